The maximum atomic E-state index is 13.2. The average Bonchev–Trinajstić information content (AvgIpc) is 2.26. The minimum Gasteiger partial charge on any atom is -0.462 e. The van der Waals surface area contributed by atoms with Gasteiger partial charge in [0.05, 0.1) is 12.2 Å². The Labute approximate surface area is 93.2 Å². The van der Waals surface area contributed by atoms with E-state index in [1.807, 2.05) is 0 Å². The summed E-state index contributed by atoms with van der Waals surface area (Å²) in [7, 11) is 0. The van der Waals surface area contributed by atoms with Crippen LogP contribution >= 0.6 is 0 Å². The van der Waals surface area contributed by atoms with Crippen LogP contribution in [-0.2, 0) is 16.0 Å². The number of hydrogen-bond donors (Lipinski definition) is 0. The van der Waals surface area contributed by atoms with Crippen LogP contribution < -0.4 is 0 Å². The minimum atomic E-state index is -0.547. The Balaban J connectivity index is 2.88. The number of aryl methyl sites for hydroxylation is 1. The molecule has 1 aromatic rings. The van der Waals surface area contributed by atoms with E-state index in [1.54, 1.807) is 13.0 Å². The third kappa shape index (κ3) is 3.46. The predicted octanol–water partition coefficient (Wildman–Crippen LogP) is 2.13. The molecule has 0 spiro atoms. The van der Waals surface area contributed by atoms with Crippen molar-refractivity contribution in [2.24, 2.45) is 0 Å². The summed E-state index contributed by atoms with van der Waals surface area (Å²) in [5, 5.41) is 0. The fourth-order valence-electron chi connectivity index (χ4n) is 1.35. The number of carbonyl (C=O) groups is 2. The molecule has 0 amide bonds. The summed E-state index contributed by atoms with van der Waals surface area (Å²) in [4.78, 5) is 21.6. The fourth-order valence-corrected chi connectivity index (χ4v) is 1.35. The van der Waals surface area contributed by atoms with Crippen LogP contribution in [0.2, 0.25) is 0 Å². The van der Waals surface area contributed by atoms with Crippen molar-refractivity contribution in [3.8, 4) is 0 Å². The van der Waals surface area contributed by atoms with E-state index < -0.39 is 11.8 Å². The zero-order valence-electron chi connectivity index (χ0n) is 9.03. The van der Waals surface area contributed by atoms with Gasteiger partial charge in [-0.05, 0) is 37.1 Å². The number of esters is 1. The van der Waals surface area contributed by atoms with Gasteiger partial charge >= 0.3 is 5.97 Å². The summed E-state index contributed by atoms with van der Waals surface area (Å²) in [5.41, 5.74) is 0.804. The van der Waals surface area contributed by atoms with E-state index >= 15 is 0 Å². The van der Waals surface area contributed by atoms with Crippen molar-refractivity contribution in [1.82, 2.24) is 0 Å². The molecule has 0 aliphatic rings. The van der Waals surface area contributed by atoms with Gasteiger partial charge in [0.2, 0.25) is 0 Å². The van der Waals surface area contributed by atoms with Gasteiger partial charge in [-0.2, -0.15) is 0 Å². The zero-order valence-corrected chi connectivity index (χ0v) is 9.03. The number of benzene rings is 1. The van der Waals surface area contributed by atoms with Crippen molar-refractivity contribution in [2.45, 2.75) is 19.8 Å². The largest absolute Gasteiger partial charge is 0.462 e. The van der Waals surface area contributed by atoms with Crippen LogP contribution in [0.5, 0.6) is 0 Å². The maximum Gasteiger partial charge on any atom is 0.338 e. The molecule has 1 rings (SSSR count). The highest BCUT2D eigenvalue weighted by atomic mass is 19.1. The lowest BCUT2D eigenvalue weighted by atomic mass is 10.1. The molecule has 0 fully saturated rings. The van der Waals surface area contributed by atoms with Gasteiger partial charge in [-0.1, -0.05) is 0 Å². The first-order valence-electron chi connectivity index (χ1n) is 5.07. The number of rotatable bonds is 5. The summed E-state index contributed by atoms with van der Waals surface area (Å²) < 4.78 is 17.9. The van der Waals surface area contributed by atoms with Crippen LogP contribution in [0.3, 0.4) is 0 Å². The van der Waals surface area contributed by atoms with Crippen molar-refractivity contribution in [1.29, 1.82) is 0 Å². The van der Waals surface area contributed by atoms with Crippen LogP contribution in [0.1, 0.15) is 29.3 Å². The Morgan fingerprint density at radius 3 is 2.81 bits per heavy atom. The van der Waals surface area contributed by atoms with Gasteiger partial charge in [-0.3, -0.25) is 0 Å². The predicted molar refractivity (Wildman–Crippen MR) is 56.7 cm³/mol. The van der Waals surface area contributed by atoms with E-state index in [0.29, 0.717) is 18.4 Å². The number of halogens is 1. The zero-order chi connectivity index (χ0) is 12.0. The van der Waals surface area contributed by atoms with Gasteiger partial charge in [0, 0.05) is 6.42 Å². The molecule has 0 saturated heterocycles. The summed E-state index contributed by atoms with van der Waals surface area (Å²) in [6, 6.07) is 3.99. The van der Waals surface area contributed by atoms with Gasteiger partial charge in [0.1, 0.15) is 12.1 Å². The van der Waals surface area contributed by atoms with Crippen molar-refractivity contribution in [3.63, 3.8) is 0 Å². The lowest BCUT2D eigenvalue weighted by Gasteiger charge is -2.04. The Hall–Kier alpha value is -1.71. The van der Waals surface area contributed by atoms with Gasteiger partial charge in [-0.15, -0.1) is 0 Å². The second-order valence-electron chi connectivity index (χ2n) is 3.27. The third-order valence-electron chi connectivity index (χ3n) is 2.02. The first kappa shape index (κ1) is 12.4. The van der Waals surface area contributed by atoms with Gasteiger partial charge in [0.15, 0.2) is 0 Å². The highest BCUT2D eigenvalue weighted by Gasteiger charge is 2.09. The number of carbonyl (C=O) groups excluding carboxylic acids is 2. The van der Waals surface area contributed by atoms with Crippen molar-refractivity contribution in [3.05, 3.63) is 35.1 Å². The van der Waals surface area contributed by atoms with Crippen LogP contribution in [0.4, 0.5) is 4.39 Å². The first-order valence-corrected chi connectivity index (χ1v) is 5.07. The standard InChI is InChI=1S/C12H13FO3/c1-2-16-12(15)10-6-9(4-3-5-14)7-11(13)8-10/h5-8H,2-4H2,1H3. The Kier molecular flexibility index (Phi) is 4.64. The van der Waals surface area contributed by atoms with Crippen LogP contribution in [0.15, 0.2) is 18.2 Å². The molecule has 0 bridgehead atoms. The Morgan fingerprint density at radius 1 is 1.44 bits per heavy atom. The summed E-state index contributed by atoms with van der Waals surface area (Å²) in [5.74, 6) is -1.04. The number of hydrogen-bond acceptors (Lipinski definition) is 3. The smallest absolute Gasteiger partial charge is 0.338 e. The van der Waals surface area contributed by atoms with Crippen molar-refractivity contribution in [2.75, 3.05) is 6.61 Å². The van der Waals surface area contributed by atoms with Gasteiger partial charge in [-0.25, -0.2) is 9.18 Å². The lowest BCUT2D eigenvalue weighted by molar-refractivity contribution is -0.107. The second kappa shape index (κ2) is 6.00. The summed E-state index contributed by atoms with van der Waals surface area (Å²) in [6.45, 7) is 1.93. The molecule has 0 aromatic heterocycles. The fraction of sp³-hybridized carbons (Fsp3) is 0.333. The van der Waals surface area contributed by atoms with E-state index in [9.17, 15) is 14.0 Å². The second-order valence-corrected chi connectivity index (χ2v) is 3.27. The molecular formula is C12H13FO3. The van der Waals surface area contributed by atoms with E-state index in [2.05, 4.69) is 0 Å². The van der Waals surface area contributed by atoms with Crippen LogP contribution in [-0.4, -0.2) is 18.9 Å². The number of aldehydes is 1. The van der Waals surface area contributed by atoms with E-state index in [4.69, 9.17) is 4.74 Å². The Morgan fingerprint density at radius 2 is 2.19 bits per heavy atom. The number of ether oxygens (including phenoxy) is 1. The summed E-state index contributed by atoms with van der Waals surface area (Å²) >= 11 is 0. The molecule has 0 heterocycles. The van der Waals surface area contributed by atoms with Crippen LogP contribution in [0, 0.1) is 5.82 Å². The monoisotopic (exact) mass is 224 g/mol. The molecule has 1 aromatic carbocycles. The van der Waals surface area contributed by atoms with Crippen LogP contribution in [0.25, 0.3) is 0 Å². The van der Waals surface area contributed by atoms with E-state index in [0.717, 1.165) is 12.4 Å². The van der Waals surface area contributed by atoms with Gasteiger partial charge < -0.3 is 9.53 Å². The third-order valence-corrected chi connectivity index (χ3v) is 2.02. The molecule has 4 heteroatoms. The van der Waals surface area contributed by atoms with E-state index in [1.165, 1.54) is 6.07 Å². The molecular weight excluding hydrogens is 211 g/mol. The average molecular weight is 224 g/mol. The molecule has 0 unspecified atom stereocenters. The van der Waals surface area contributed by atoms with Crippen molar-refractivity contribution >= 4 is 12.3 Å². The topological polar surface area (TPSA) is 43.4 Å². The molecule has 0 saturated carbocycles. The first-order chi connectivity index (χ1) is 7.67. The molecule has 16 heavy (non-hydrogen) atoms. The van der Waals surface area contributed by atoms with Gasteiger partial charge in [0.25, 0.3) is 0 Å². The Bertz CT molecular complexity index is 388. The molecule has 0 atom stereocenters. The highest BCUT2D eigenvalue weighted by Crippen LogP contribution is 2.12. The quantitative estimate of drug-likeness (QED) is 0.568. The van der Waals surface area contributed by atoms with E-state index in [-0.39, 0.29) is 12.2 Å². The minimum absolute atomic E-state index is 0.183. The molecule has 0 aliphatic carbocycles. The SMILES string of the molecule is CCOC(=O)c1cc(F)cc(CCC=O)c1. The summed E-state index contributed by atoms with van der Waals surface area (Å²) in [6.07, 6.45) is 1.49. The highest BCUT2D eigenvalue weighted by molar-refractivity contribution is 5.89. The molecule has 0 radical (unpaired) electrons. The maximum absolute atomic E-state index is 13.2. The molecule has 86 valence electrons. The molecule has 3 nitrogen and oxygen atoms in total. The molecule has 0 N–H and O–H groups in total. The normalized spacial score (nSPS) is 9.88. The lowest BCUT2D eigenvalue weighted by Crippen LogP contribution is -2.06. The van der Waals surface area contributed by atoms with Crippen molar-refractivity contribution < 1.29 is 18.7 Å². The molecule has 0 aliphatic heterocycles.